The summed E-state index contributed by atoms with van der Waals surface area (Å²) in [5, 5.41) is 3.46. The predicted molar refractivity (Wildman–Crippen MR) is 105 cm³/mol. The molecule has 2 aromatic rings. The van der Waals surface area contributed by atoms with Crippen LogP contribution in [0.4, 0.5) is 13.2 Å². The zero-order chi connectivity index (χ0) is 21.6. The third kappa shape index (κ3) is 6.32. The highest BCUT2D eigenvalue weighted by molar-refractivity contribution is 6.31. The molecule has 3 rings (SSSR count). The molecule has 1 aliphatic heterocycles. The molecule has 1 aromatic heterocycles. The van der Waals surface area contributed by atoms with Crippen LogP contribution >= 0.6 is 11.6 Å². The van der Waals surface area contributed by atoms with Gasteiger partial charge in [-0.1, -0.05) is 29.8 Å². The zero-order valence-corrected chi connectivity index (χ0v) is 16.7. The first kappa shape index (κ1) is 22.3. The topological polar surface area (TPSA) is 63.7 Å². The second-order valence-corrected chi connectivity index (χ2v) is 7.09. The van der Waals surface area contributed by atoms with Crippen molar-refractivity contribution >= 4 is 17.5 Å². The number of carbonyl (C=O) groups is 1. The lowest BCUT2D eigenvalue weighted by molar-refractivity contribution is -0.154. The molecule has 6 nitrogen and oxygen atoms in total. The van der Waals surface area contributed by atoms with Gasteiger partial charge in [-0.05, 0) is 17.7 Å². The number of alkyl halides is 3. The van der Waals surface area contributed by atoms with Crippen molar-refractivity contribution in [2.24, 2.45) is 0 Å². The van der Waals surface area contributed by atoms with E-state index in [0.717, 1.165) is 5.56 Å². The lowest BCUT2D eigenvalue weighted by atomic mass is 10.0. The summed E-state index contributed by atoms with van der Waals surface area (Å²) in [6, 6.07) is 9.91. The maximum Gasteiger partial charge on any atom is 0.422 e. The van der Waals surface area contributed by atoms with Gasteiger partial charge in [0.05, 0.1) is 24.8 Å². The van der Waals surface area contributed by atoms with Gasteiger partial charge in [-0.2, -0.15) is 13.2 Å². The van der Waals surface area contributed by atoms with Gasteiger partial charge in [0.15, 0.2) is 6.61 Å². The highest BCUT2D eigenvalue weighted by atomic mass is 35.5. The van der Waals surface area contributed by atoms with Crippen molar-refractivity contribution in [2.75, 3.05) is 39.5 Å². The van der Waals surface area contributed by atoms with Crippen LogP contribution < -0.4 is 10.1 Å². The molecule has 10 heteroatoms. The van der Waals surface area contributed by atoms with Crippen molar-refractivity contribution in [3.63, 3.8) is 0 Å². The van der Waals surface area contributed by atoms with Crippen LogP contribution in [0.2, 0.25) is 5.02 Å². The number of ether oxygens (including phenoxy) is 2. The van der Waals surface area contributed by atoms with Crippen LogP contribution in [0.25, 0.3) is 0 Å². The first-order valence-corrected chi connectivity index (χ1v) is 9.71. The molecule has 2 heterocycles. The van der Waals surface area contributed by atoms with Crippen LogP contribution in [-0.4, -0.2) is 61.4 Å². The van der Waals surface area contributed by atoms with Gasteiger partial charge in [-0.15, -0.1) is 0 Å². The van der Waals surface area contributed by atoms with Crippen molar-refractivity contribution in [1.29, 1.82) is 0 Å². The van der Waals surface area contributed by atoms with Crippen molar-refractivity contribution in [3.8, 4) is 5.88 Å². The van der Waals surface area contributed by atoms with Crippen LogP contribution in [0.5, 0.6) is 5.88 Å². The maximum atomic E-state index is 12.5. The normalized spacial score (nSPS) is 16.1. The fraction of sp³-hybridized carbons (Fsp3) is 0.400. The summed E-state index contributed by atoms with van der Waals surface area (Å²) in [5.41, 5.74) is 1.12. The molecular weight excluding hydrogens is 423 g/mol. The first-order valence-electron chi connectivity index (χ1n) is 9.33. The van der Waals surface area contributed by atoms with E-state index in [-0.39, 0.29) is 17.5 Å². The maximum absolute atomic E-state index is 12.5. The third-order valence-electron chi connectivity index (χ3n) is 4.59. The number of carbonyl (C=O) groups excluding carboxylic acids is 1. The Hall–Kier alpha value is -2.36. The van der Waals surface area contributed by atoms with Crippen LogP contribution in [0.1, 0.15) is 22.0 Å². The number of rotatable bonds is 7. The molecule has 1 aliphatic rings. The largest absolute Gasteiger partial charge is 0.468 e. The predicted octanol–water partition coefficient (Wildman–Crippen LogP) is 3.48. The standard InChI is InChI=1S/C20H21ClF3N3O3/c21-16-4-2-1-3-15(16)17(27-7-9-29-10-8-27)12-26-19(28)14-5-6-18(25-11-14)30-13-20(22,23)24/h1-6,11,17H,7-10,12-13H2,(H,26,28). The van der Waals surface area contributed by atoms with Gasteiger partial charge in [0, 0.05) is 36.9 Å². The fourth-order valence-corrected chi connectivity index (χ4v) is 3.38. The summed E-state index contributed by atoms with van der Waals surface area (Å²) in [5.74, 6) is -0.596. The van der Waals surface area contributed by atoms with Gasteiger partial charge in [-0.3, -0.25) is 9.69 Å². The summed E-state index contributed by atoms with van der Waals surface area (Å²) in [4.78, 5) is 18.5. The number of halogens is 4. The quantitative estimate of drug-likeness (QED) is 0.710. The zero-order valence-electron chi connectivity index (χ0n) is 16.0. The van der Waals surface area contributed by atoms with E-state index in [9.17, 15) is 18.0 Å². The van der Waals surface area contributed by atoms with Gasteiger partial charge in [-0.25, -0.2) is 4.98 Å². The highest BCUT2D eigenvalue weighted by Crippen LogP contribution is 2.28. The van der Waals surface area contributed by atoms with Crippen molar-refractivity contribution in [3.05, 3.63) is 58.7 Å². The van der Waals surface area contributed by atoms with Crippen molar-refractivity contribution in [2.45, 2.75) is 12.2 Å². The minimum absolute atomic E-state index is 0.145. The smallest absolute Gasteiger partial charge is 0.422 e. The van der Waals surface area contributed by atoms with Gasteiger partial charge in [0.1, 0.15) is 0 Å². The van der Waals surface area contributed by atoms with E-state index in [1.165, 1.54) is 18.3 Å². The molecule has 1 fully saturated rings. The molecule has 0 radical (unpaired) electrons. The summed E-state index contributed by atoms with van der Waals surface area (Å²) in [7, 11) is 0. The number of amides is 1. The Morgan fingerprint density at radius 2 is 1.97 bits per heavy atom. The van der Waals surface area contributed by atoms with Gasteiger partial charge in [0.25, 0.3) is 5.91 Å². The molecule has 1 N–H and O–H groups in total. The van der Waals surface area contributed by atoms with E-state index in [1.807, 2.05) is 18.2 Å². The minimum atomic E-state index is -4.45. The van der Waals surface area contributed by atoms with Crippen LogP contribution in [-0.2, 0) is 4.74 Å². The number of nitrogens with zero attached hydrogens (tertiary/aromatic N) is 2. The fourth-order valence-electron chi connectivity index (χ4n) is 3.12. The third-order valence-corrected chi connectivity index (χ3v) is 4.93. The Kier molecular flexibility index (Phi) is 7.52. The van der Waals surface area contributed by atoms with Crippen LogP contribution in [0.15, 0.2) is 42.6 Å². The number of hydrogen-bond donors (Lipinski definition) is 1. The second kappa shape index (κ2) is 10.1. The monoisotopic (exact) mass is 443 g/mol. The molecule has 0 saturated carbocycles. The molecule has 0 bridgehead atoms. The highest BCUT2D eigenvalue weighted by Gasteiger charge is 2.29. The molecule has 1 atom stereocenters. The molecule has 1 amide bonds. The molecule has 1 saturated heterocycles. The Labute approximate surface area is 176 Å². The Balaban J connectivity index is 1.64. The van der Waals surface area contributed by atoms with E-state index in [1.54, 1.807) is 6.07 Å². The number of nitrogens with one attached hydrogen (secondary N) is 1. The van der Waals surface area contributed by atoms with Gasteiger partial charge >= 0.3 is 6.18 Å². The van der Waals surface area contributed by atoms with Gasteiger partial charge in [0.2, 0.25) is 5.88 Å². The number of pyridine rings is 1. The number of aromatic nitrogens is 1. The molecule has 0 spiro atoms. The summed E-state index contributed by atoms with van der Waals surface area (Å²) >= 11 is 6.38. The number of morpholine rings is 1. The molecule has 1 unspecified atom stereocenters. The molecule has 162 valence electrons. The molecule has 1 aromatic carbocycles. The van der Waals surface area contributed by atoms with E-state index < -0.39 is 18.7 Å². The van der Waals surface area contributed by atoms with Crippen LogP contribution in [0.3, 0.4) is 0 Å². The Morgan fingerprint density at radius 1 is 1.23 bits per heavy atom. The van der Waals surface area contributed by atoms with Crippen molar-refractivity contribution in [1.82, 2.24) is 15.2 Å². The summed E-state index contributed by atoms with van der Waals surface area (Å²) < 4.78 is 46.6. The lowest BCUT2D eigenvalue weighted by Gasteiger charge is -2.35. The number of benzene rings is 1. The number of hydrogen-bond acceptors (Lipinski definition) is 5. The average molecular weight is 444 g/mol. The summed E-state index contributed by atoms with van der Waals surface area (Å²) in [6.45, 7) is 1.47. The molecule has 30 heavy (non-hydrogen) atoms. The van der Waals surface area contributed by atoms with E-state index in [2.05, 4.69) is 19.9 Å². The van der Waals surface area contributed by atoms with E-state index in [0.29, 0.717) is 37.9 Å². The van der Waals surface area contributed by atoms with E-state index >= 15 is 0 Å². The first-order chi connectivity index (χ1) is 14.3. The Morgan fingerprint density at radius 3 is 2.60 bits per heavy atom. The van der Waals surface area contributed by atoms with Crippen molar-refractivity contribution < 1.29 is 27.4 Å². The SMILES string of the molecule is O=C(NCC(c1ccccc1Cl)N1CCOCC1)c1ccc(OCC(F)(F)F)nc1. The van der Waals surface area contributed by atoms with Crippen LogP contribution in [0, 0.1) is 0 Å². The second-order valence-electron chi connectivity index (χ2n) is 6.68. The Bertz CT molecular complexity index is 843. The van der Waals surface area contributed by atoms with E-state index in [4.69, 9.17) is 16.3 Å². The molecule has 0 aliphatic carbocycles. The van der Waals surface area contributed by atoms with Gasteiger partial charge < -0.3 is 14.8 Å². The molecular formula is C20H21ClF3N3O3. The lowest BCUT2D eigenvalue weighted by Crippen LogP contribution is -2.44. The summed E-state index contributed by atoms with van der Waals surface area (Å²) in [6.07, 6.45) is -3.27. The minimum Gasteiger partial charge on any atom is -0.468 e. The average Bonchev–Trinajstić information content (AvgIpc) is 2.74.